The largest absolute Gasteiger partial charge is 0.497 e. The second-order valence-electron chi connectivity index (χ2n) is 7.95. The molecule has 5 nitrogen and oxygen atoms in total. The van der Waals surface area contributed by atoms with E-state index in [1.54, 1.807) is 55.6 Å². The zero-order valence-corrected chi connectivity index (χ0v) is 16.1. The van der Waals surface area contributed by atoms with Crippen molar-refractivity contribution in [1.29, 1.82) is 0 Å². The molecule has 2 saturated carbocycles. The Morgan fingerprint density at radius 1 is 0.929 bits per heavy atom. The first kappa shape index (κ1) is 18.5. The molecule has 0 unspecified atom stereocenters. The minimum Gasteiger partial charge on any atom is -0.497 e. The molecule has 2 aromatic carbocycles. The SMILES string of the molecule is COc1ccc(NC(=O)c2ccc(NC(=O)C[C@H]3C[C@@H]4CC[C@@H]3C4)cc2)cc1. The number of benzene rings is 2. The summed E-state index contributed by atoms with van der Waals surface area (Å²) < 4.78 is 5.11. The Bertz CT molecular complexity index is 845. The highest BCUT2D eigenvalue weighted by molar-refractivity contribution is 6.04. The van der Waals surface area contributed by atoms with Crippen molar-refractivity contribution in [2.75, 3.05) is 17.7 Å². The third kappa shape index (κ3) is 4.19. The topological polar surface area (TPSA) is 67.4 Å². The summed E-state index contributed by atoms with van der Waals surface area (Å²) >= 11 is 0. The number of hydrogen-bond acceptors (Lipinski definition) is 3. The fraction of sp³-hybridized carbons (Fsp3) is 0.391. The molecule has 2 aliphatic rings. The number of amides is 2. The van der Waals surface area contributed by atoms with Gasteiger partial charge in [0.15, 0.2) is 0 Å². The summed E-state index contributed by atoms with van der Waals surface area (Å²) in [6, 6.07) is 14.2. The smallest absolute Gasteiger partial charge is 0.255 e. The molecule has 28 heavy (non-hydrogen) atoms. The molecule has 0 spiro atoms. The number of carbonyl (C=O) groups excluding carboxylic acids is 2. The molecular weight excluding hydrogens is 352 g/mol. The number of fused-ring (bicyclic) bond motifs is 2. The molecule has 0 heterocycles. The van der Waals surface area contributed by atoms with Crippen LogP contribution in [-0.4, -0.2) is 18.9 Å². The Balaban J connectivity index is 1.30. The number of carbonyl (C=O) groups is 2. The highest BCUT2D eigenvalue weighted by Gasteiger charge is 2.40. The number of methoxy groups -OCH3 is 1. The van der Waals surface area contributed by atoms with Gasteiger partial charge in [-0.25, -0.2) is 0 Å². The van der Waals surface area contributed by atoms with Gasteiger partial charge in [0, 0.05) is 23.4 Å². The fourth-order valence-corrected chi connectivity index (χ4v) is 4.66. The van der Waals surface area contributed by atoms with E-state index < -0.39 is 0 Å². The zero-order chi connectivity index (χ0) is 19.5. The maximum absolute atomic E-state index is 12.4. The number of ether oxygens (including phenoxy) is 1. The summed E-state index contributed by atoms with van der Waals surface area (Å²) in [6.07, 6.45) is 5.78. The van der Waals surface area contributed by atoms with Crippen LogP contribution in [0.25, 0.3) is 0 Å². The van der Waals surface area contributed by atoms with Gasteiger partial charge in [-0.05, 0) is 85.5 Å². The van der Waals surface area contributed by atoms with Gasteiger partial charge in [-0.2, -0.15) is 0 Å². The summed E-state index contributed by atoms with van der Waals surface area (Å²) in [5.41, 5.74) is 1.98. The first-order chi connectivity index (χ1) is 13.6. The van der Waals surface area contributed by atoms with Crippen molar-refractivity contribution in [1.82, 2.24) is 0 Å². The standard InChI is InChI=1S/C23H26N2O3/c1-28-21-10-8-20(9-11-21)25-23(27)16-4-6-19(7-5-16)24-22(26)14-18-13-15-2-3-17(18)12-15/h4-11,15,17-18H,2-3,12-14H2,1H3,(H,24,26)(H,25,27)/t15-,17-,18-/m1/s1. The lowest BCUT2D eigenvalue weighted by molar-refractivity contribution is -0.117. The second-order valence-corrected chi connectivity index (χ2v) is 7.95. The van der Waals surface area contributed by atoms with E-state index in [0.29, 0.717) is 23.6 Å². The van der Waals surface area contributed by atoms with Gasteiger partial charge in [-0.15, -0.1) is 0 Å². The molecule has 0 aliphatic heterocycles. The molecule has 2 N–H and O–H groups in total. The number of nitrogens with one attached hydrogen (secondary N) is 2. The van der Waals surface area contributed by atoms with Crippen LogP contribution in [0.3, 0.4) is 0 Å². The van der Waals surface area contributed by atoms with Gasteiger partial charge < -0.3 is 15.4 Å². The molecule has 2 fully saturated rings. The molecule has 2 aromatic rings. The first-order valence-electron chi connectivity index (χ1n) is 9.96. The Kier molecular flexibility index (Phi) is 5.33. The highest BCUT2D eigenvalue weighted by atomic mass is 16.5. The van der Waals surface area contributed by atoms with Crippen molar-refractivity contribution in [3.05, 3.63) is 54.1 Å². The van der Waals surface area contributed by atoms with Gasteiger partial charge in [-0.3, -0.25) is 9.59 Å². The minimum absolute atomic E-state index is 0.0768. The molecule has 0 saturated heterocycles. The van der Waals surface area contributed by atoms with Crippen LogP contribution in [0.15, 0.2) is 48.5 Å². The van der Waals surface area contributed by atoms with E-state index in [1.807, 2.05) is 0 Å². The second kappa shape index (κ2) is 8.05. The van der Waals surface area contributed by atoms with Gasteiger partial charge in [0.25, 0.3) is 5.91 Å². The van der Waals surface area contributed by atoms with E-state index in [-0.39, 0.29) is 11.8 Å². The maximum Gasteiger partial charge on any atom is 0.255 e. The van der Waals surface area contributed by atoms with Crippen LogP contribution in [-0.2, 0) is 4.79 Å². The Hall–Kier alpha value is -2.82. The summed E-state index contributed by atoms with van der Waals surface area (Å²) in [7, 11) is 1.60. The predicted molar refractivity (Wildman–Crippen MR) is 110 cm³/mol. The van der Waals surface area contributed by atoms with E-state index in [0.717, 1.165) is 23.3 Å². The van der Waals surface area contributed by atoms with Crippen molar-refractivity contribution in [3.8, 4) is 5.75 Å². The lowest BCUT2D eigenvalue weighted by Crippen LogP contribution is -2.20. The molecule has 2 amide bonds. The Morgan fingerprint density at radius 3 is 2.21 bits per heavy atom. The molecule has 5 heteroatoms. The van der Waals surface area contributed by atoms with Crippen LogP contribution >= 0.6 is 0 Å². The predicted octanol–water partition coefficient (Wildman–Crippen LogP) is 4.71. The molecule has 2 bridgehead atoms. The van der Waals surface area contributed by atoms with Crippen LogP contribution in [0.5, 0.6) is 5.75 Å². The summed E-state index contributed by atoms with van der Waals surface area (Å²) in [4.78, 5) is 24.7. The van der Waals surface area contributed by atoms with Gasteiger partial charge in [0.05, 0.1) is 7.11 Å². The third-order valence-electron chi connectivity index (χ3n) is 6.11. The quantitative estimate of drug-likeness (QED) is 0.765. The van der Waals surface area contributed by atoms with Crippen molar-refractivity contribution in [2.24, 2.45) is 17.8 Å². The highest BCUT2D eigenvalue weighted by Crippen LogP contribution is 2.49. The molecule has 0 radical (unpaired) electrons. The number of anilines is 2. The van der Waals surface area contributed by atoms with Gasteiger partial charge in [0.1, 0.15) is 5.75 Å². The summed E-state index contributed by atoms with van der Waals surface area (Å²) in [5.74, 6) is 2.78. The van der Waals surface area contributed by atoms with Crippen molar-refractivity contribution in [3.63, 3.8) is 0 Å². The fourth-order valence-electron chi connectivity index (χ4n) is 4.66. The molecular formula is C23H26N2O3. The molecule has 2 aliphatic carbocycles. The van der Waals surface area contributed by atoms with E-state index in [4.69, 9.17) is 4.74 Å². The van der Waals surface area contributed by atoms with E-state index in [2.05, 4.69) is 10.6 Å². The van der Waals surface area contributed by atoms with Crippen LogP contribution in [0, 0.1) is 17.8 Å². The van der Waals surface area contributed by atoms with Gasteiger partial charge in [-0.1, -0.05) is 6.42 Å². The monoisotopic (exact) mass is 378 g/mol. The average molecular weight is 378 g/mol. The lowest BCUT2D eigenvalue weighted by atomic mass is 9.86. The molecule has 4 rings (SSSR count). The van der Waals surface area contributed by atoms with E-state index in [1.165, 1.54) is 25.7 Å². The normalized spacial score (nSPS) is 22.7. The molecule has 0 aromatic heterocycles. The van der Waals surface area contributed by atoms with E-state index >= 15 is 0 Å². The summed E-state index contributed by atoms with van der Waals surface area (Å²) in [6.45, 7) is 0. The molecule has 146 valence electrons. The Morgan fingerprint density at radius 2 is 1.61 bits per heavy atom. The van der Waals surface area contributed by atoms with Crippen LogP contribution < -0.4 is 15.4 Å². The third-order valence-corrected chi connectivity index (χ3v) is 6.11. The first-order valence-corrected chi connectivity index (χ1v) is 9.96. The van der Waals surface area contributed by atoms with Crippen molar-refractivity contribution < 1.29 is 14.3 Å². The van der Waals surface area contributed by atoms with Crippen molar-refractivity contribution >= 4 is 23.2 Å². The summed E-state index contributed by atoms with van der Waals surface area (Å²) in [5, 5.41) is 5.82. The van der Waals surface area contributed by atoms with E-state index in [9.17, 15) is 9.59 Å². The number of rotatable bonds is 6. The number of hydrogen-bond donors (Lipinski definition) is 2. The van der Waals surface area contributed by atoms with Crippen LogP contribution in [0.2, 0.25) is 0 Å². The lowest BCUT2D eigenvalue weighted by Gasteiger charge is -2.20. The van der Waals surface area contributed by atoms with Crippen LogP contribution in [0.4, 0.5) is 11.4 Å². The van der Waals surface area contributed by atoms with Crippen LogP contribution in [0.1, 0.15) is 42.5 Å². The van der Waals surface area contributed by atoms with Crippen molar-refractivity contribution in [2.45, 2.75) is 32.1 Å². The minimum atomic E-state index is -0.190. The Labute approximate surface area is 165 Å². The van der Waals surface area contributed by atoms with Gasteiger partial charge >= 0.3 is 0 Å². The maximum atomic E-state index is 12.4. The average Bonchev–Trinajstić information content (AvgIpc) is 3.32. The molecule has 3 atom stereocenters. The zero-order valence-electron chi connectivity index (χ0n) is 16.1. The van der Waals surface area contributed by atoms with Gasteiger partial charge in [0.2, 0.25) is 5.91 Å².